The summed E-state index contributed by atoms with van der Waals surface area (Å²) in [6.45, 7) is 3.89. The van der Waals surface area contributed by atoms with Gasteiger partial charge in [-0.3, -0.25) is 4.90 Å². The van der Waals surface area contributed by atoms with E-state index in [2.05, 4.69) is 11.0 Å². The van der Waals surface area contributed by atoms with Gasteiger partial charge >= 0.3 is 6.18 Å². The van der Waals surface area contributed by atoms with E-state index in [9.17, 15) is 13.2 Å². The highest BCUT2D eigenvalue weighted by Crippen LogP contribution is 2.36. The zero-order valence-electron chi connectivity index (χ0n) is 17.3. The first-order valence-corrected chi connectivity index (χ1v) is 10.4. The lowest BCUT2D eigenvalue weighted by Crippen LogP contribution is -2.47. The molecule has 4 nitrogen and oxygen atoms in total. The van der Waals surface area contributed by atoms with Crippen molar-refractivity contribution in [3.63, 3.8) is 0 Å². The summed E-state index contributed by atoms with van der Waals surface area (Å²) in [5.74, 6) is 0.874. The van der Waals surface area contributed by atoms with E-state index in [-0.39, 0.29) is 5.48 Å². The Hall–Kier alpha value is -2.22. The molecule has 2 N–H and O–H groups in total. The Balaban J connectivity index is 0.00000272. The van der Waals surface area contributed by atoms with E-state index in [1.54, 1.807) is 13.2 Å². The van der Waals surface area contributed by atoms with E-state index < -0.39 is 11.7 Å². The van der Waals surface area contributed by atoms with Crippen molar-refractivity contribution in [2.75, 3.05) is 44.7 Å². The highest BCUT2D eigenvalue weighted by Gasteiger charge is 2.31. The molecule has 2 aromatic carbocycles. The van der Waals surface area contributed by atoms with Gasteiger partial charge in [-0.1, -0.05) is 29.3 Å². The SMILES string of the molecule is COc1ccc(Cl)c2c1CCC(CN1CCN(c3cccc(C(F)(F)F)c3)CC1)=C2.O. The first kappa shape index (κ1) is 23.4. The van der Waals surface area contributed by atoms with Gasteiger partial charge in [-0.05, 0) is 48.7 Å². The molecule has 2 aromatic rings. The lowest BCUT2D eigenvalue weighted by atomic mass is 9.91. The predicted molar refractivity (Wildman–Crippen MR) is 118 cm³/mol. The average Bonchev–Trinajstić information content (AvgIpc) is 2.74. The Labute approximate surface area is 185 Å². The van der Waals surface area contributed by atoms with Crippen LogP contribution in [0.1, 0.15) is 23.1 Å². The quantitative estimate of drug-likeness (QED) is 0.673. The monoisotopic (exact) mass is 454 g/mol. The molecular formula is C23H26ClF3N2O2. The Bertz CT molecular complexity index is 954. The van der Waals surface area contributed by atoms with Gasteiger partial charge in [0.2, 0.25) is 0 Å². The molecule has 0 spiro atoms. The van der Waals surface area contributed by atoms with Crippen LogP contribution in [0.2, 0.25) is 5.02 Å². The maximum atomic E-state index is 13.0. The summed E-state index contributed by atoms with van der Waals surface area (Å²) in [6, 6.07) is 9.37. The van der Waals surface area contributed by atoms with Crippen LogP contribution in [0.15, 0.2) is 42.0 Å². The van der Waals surface area contributed by atoms with Gasteiger partial charge in [0.05, 0.1) is 12.7 Å². The van der Waals surface area contributed by atoms with E-state index in [0.29, 0.717) is 18.8 Å². The summed E-state index contributed by atoms with van der Waals surface area (Å²) in [4.78, 5) is 4.38. The summed E-state index contributed by atoms with van der Waals surface area (Å²) in [5, 5.41) is 0.734. The van der Waals surface area contributed by atoms with Gasteiger partial charge in [0.1, 0.15) is 5.75 Å². The second-order valence-corrected chi connectivity index (χ2v) is 8.16. The van der Waals surface area contributed by atoms with E-state index in [4.69, 9.17) is 16.3 Å². The van der Waals surface area contributed by atoms with Crippen LogP contribution < -0.4 is 9.64 Å². The number of anilines is 1. The molecule has 4 rings (SSSR count). The number of rotatable bonds is 4. The maximum Gasteiger partial charge on any atom is 0.416 e. The highest BCUT2D eigenvalue weighted by atomic mass is 35.5. The van der Waals surface area contributed by atoms with Gasteiger partial charge in [0.25, 0.3) is 0 Å². The lowest BCUT2D eigenvalue weighted by Gasteiger charge is -2.37. The maximum absolute atomic E-state index is 13.0. The van der Waals surface area contributed by atoms with Crippen molar-refractivity contribution in [1.82, 2.24) is 4.90 Å². The Morgan fingerprint density at radius 3 is 2.45 bits per heavy atom. The third-order valence-corrected chi connectivity index (χ3v) is 6.19. The number of hydrogen-bond donors (Lipinski definition) is 0. The molecule has 0 aromatic heterocycles. The predicted octanol–water partition coefficient (Wildman–Crippen LogP) is 4.69. The summed E-state index contributed by atoms with van der Waals surface area (Å²) < 4.78 is 44.4. The number of halogens is 4. The lowest BCUT2D eigenvalue weighted by molar-refractivity contribution is -0.137. The van der Waals surface area contributed by atoms with Crippen molar-refractivity contribution in [3.05, 3.63) is 63.7 Å². The van der Waals surface area contributed by atoms with Gasteiger partial charge in [-0.25, -0.2) is 0 Å². The first-order valence-electron chi connectivity index (χ1n) is 10.0. The summed E-state index contributed by atoms with van der Waals surface area (Å²) in [7, 11) is 1.67. The van der Waals surface area contributed by atoms with E-state index in [1.807, 2.05) is 17.0 Å². The van der Waals surface area contributed by atoms with Crippen molar-refractivity contribution >= 4 is 23.4 Å². The Morgan fingerprint density at radius 2 is 1.77 bits per heavy atom. The summed E-state index contributed by atoms with van der Waals surface area (Å²) >= 11 is 6.41. The van der Waals surface area contributed by atoms with Gasteiger partial charge in [-0.15, -0.1) is 0 Å². The highest BCUT2D eigenvalue weighted by molar-refractivity contribution is 6.32. The molecule has 0 unspecified atom stereocenters. The first-order chi connectivity index (χ1) is 14.3. The van der Waals surface area contributed by atoms with Gasteiger partial charge < -0.3 is 15.1 Å². The normalized spacial score (nSPS) is 16.9. The Kier molecular flexibility index (Phi) is 7.19. The molecule has 1 aliphatic carbocycles. The molecule has 1 saturated heterocycles. The third kappa shape index (κ3) is 5.17. The number of nitrogens with zero attached hydrogens (tertiary/aromatic N) is 2. The van der Waals surface area contributed by atoms with Crippen molar-refractivity contribution < 1.29 is 23.4 Å². The molecule has 1 aliphatic heterocycles. The minimum Gasteiger partial charge on any atom is -0.496 e. The number of hydrogen-bond acceptors (Lipinski definition) is 3. The number of piperazine rings is 1. The molecule has 8 heteroatoms. The number of ether oxygens (including phenoxy) is 1. The fourth-order valence-corrected chi connectivity index (χ4v) is 4.47. The van der Waals surface area contributed by atoms with Crippen LogP contribution in [-0.4, -0.2) is 50.2 Å². The molecule has 0 amide bonds. The van der Waals surface area contributed by atoms with Crippen molar-refractivity contribution in [2.24, 2.45) is 0 Å². The minimum atomic E-state index is -4.31. The molecule has 168 valence electrons. The fraction of sp³-hybridized carbons (Fsp3) is 0.391. The van der Waals surface area contributed by atoms with Crippen molar-refractivity contribution in [1.29, 1.82) is 0 Å². The molecule has 2 aliphatic rings. The molecule has 1 heterocycles. The molecule has 0 radical (unpaired) electrons. The Morgan fingerprint density at radius 1 is 1.03 bits per heavy atom. The molecule has 1 fully saturated rings. The average molecular weight is 455 g/mol. The summed E-state index contributed by atoms with van der Waals surface area (Å²) in [6.07, 6.45) is -0.291. The molecule has 31 heavy (non-hydrogen) atoms. The third-order valence-electron chi connectivity index (χ3n) is 5.86. The van der Waals surface area contributed by atoms with E-state index in [0.717, 1.165) is 60.4 Å². The zero-order chi connectivity index (χ0) is 21.3. The van der Waals surface area contributed by atoms with Gasteiger partial charge in [0.15, 0.2) is 0 Å². The van der Waals surface area contributed by atoms with Crippen LogP contribution in [0, 0.1) is 0 Å². The topological polar surface area (TPSA) is 47.2 Å². The summed E-state index contributed by atoms with van der Waals surface area (Å²) in [5.41, 5.74) is 3.56. The standard InChI is InChI=1S/C23H24ClF3N2O.H2O/c1-30-22-8-7-21(24)20-13-16(5-6-19(20)22)15-28-9-11-29(12-10-28)18-4-2-3-17(14-18)23(25,26)27;/h2-4,7-8,13-14H,5-6,9-12,15H2,1H3;1H2. The van der Waals surface area contributed by atoms with Crippen molar-refractivity contribution in [2.45, 2.75) is 19.0 Å². The number of fused-ring (bicyclic) bond motifs is 1. The van der Waals surface area contributed by atoms with Crippen molar-refractivity contribution in [3.8, 4) is 5.75 Å². The fourth-order valence-electron chi connectivity index (χ4n) is 4.24. The molecule has 0 atom stereocenters. The molecule has 0 bridgehead atoms. The van der Waals surface area contributed by atoms with Gasteiger partial charge in [0, 0.05) is 49.0 Å². The minimum absolute atomic E-state index is 0. The smallest absolute Gasteiger partial charge is 0.416 e. The number of benzene rings is 2. The van der Waals surface area contributed by atoms with Crippen LogP contribution >= 0.6 is 11.6 Å². The molecular weight excluding hydrogens is 429 g/mol. The molecule has 0 saturated carbocycles. The largest absolute Gasteiger partial charge is 0.496 e. The second-order valence-electron chi connectivity index (χ2n) is 7.76. The second kappa shape index (κ2) is 9.51. The van der Waals surface area contributed by atoms with Gasteiger partial charge in [-0.2, -0.15) is 13.2 Å². The van der Waals surface area contributed by atoms with E-state index >= 15 is 0 Å². The zero-order valence-corrected chi connectivity index (χ0v) is 18.1. The van der Waals surface area contributed by atoms with Crippen LogP contribution in [0.5, 0.6) is 5.75 Å². The number of alkyl halides is 3. The van der Waals surface area contributed by atoms with Crippen LogP contribution in [-0.2, 0) is 12.6 Å². The van der Waals surface area contributed by atoms with E-state index in [1.165, 1.54) is 17.7 Å². The van der Waals surface area contributed by atoms with Crippen LogP contribution in [0.4, 0.5) is 18.9 Å². The number of methoxy groups -OCH3 is 1. The van der Waals surface area contributed by atoms with Crippen LogP contribution in [0.25, 0.3) is 6.08 Å². The van der Waals surface area contributed by atoms with Crippen LogP contribution in [0.3, 0.4) is 0 Å².